The maximum Gasteiger partial charge on any atom is 0.338 e. The number of rotatable bonds is 3. The van der Waals surface area contributed by atoms with Crippen molar-refractivity contribution in [2.45, 2.75) is 55.3 Å². The van der Waals surface area contributed by atoms with E-state index in [0.717, 1.165) is 0 Å². The molecular weight excluding hydrogens is 347 g/mol. The van der Waals surface area contributed by atoms with Crippen LogP contribution in [0.3, 0.4) is 0 Å². The van der Waals surface area contributed by atoms with E-state index in [4.69, 9.17) is 33.7 Å². The standard InChI is InChI=1S/C14H20Cl2N2O5/c1-5(17)11(21)18-10-7-3-6(19)4-8(20)9(7)12(22)23-14(10,2)13(15)16/h5-7,10,13,19-20H,3-4,17H2,1-2H3,(H,18,21)/t5-,6-,7+,10+,14-/m0/s1. The van der Waals surface area contributed by atoms with Gasteiger partial charge in [0.15, 0.2) is 5.60 Å². The molecule has 23 heavy (non-hydrogen) atoms. The summed E-state index contributed by atoms with van der Waals surface area (Å²) < 4.78 is 5.35. The fourth-order valence-corrected chi connectivity index (χ4v) is 3.40. The Bertz CT molecular complexity index is 551. The average Bonchev–Trinajstić information content (AvgIpc) is 2.41. The number of nitrogens with one attached hydrogen (secondary N) is 1. The summed E-state index contributed by atoms with van der Waals surface area (Å²) >= 11 is 12.0. The minimum atomic E-state index is -1.42. The number of fused-ring (bicyclic) bond motifs is 1. The molecule has 0 aromatic rings. The average molecular weight is 367 g/mol. The first-order chi connectivity index (χ1) is 10.6. The van der Waals surface area contributed by atoms with Crippen LogP contribution in [0.5, 0.6) is 0 Å². The highest BCUT2D eigenvalue weighted by Crippen LogP contribution is 2.44. The summed E-state index contributed by atoms with van der Waals surface area (Å²) in [5.41, 5.74) is 4.19. The monoisotopic (exact) mass is 366 g/mol. The van der Waals surface area contributed by atoms with Gasteiger partial charge in [-0.25, -0.2) is 4.79 Å². The van der Waals surface area contributed by atoms with Crippen LogP contribution in [0, 0.1) is 5.92 Å². The number of hydrogen-bond donors (Lipinski definition) is 4. The van der Waals surface area contributed by atoms with Crippen LogP contribution in [0.1, 0.15) is 26.7 Å². The van der Waals surface area contributed by atoms with Crippen molar-refractivity contribution in [3.05, 3.63) is 11.3 Å². The van der Waals surface area contributed by atoms with Crippen molar-refractivity contribution in [2.24, 2.45) is 11.7 Å². The van der Waals surface area contributed by atoms with Crippen LogP contribution in [0.15, 0.2) is 11.3 Å². The summed E-state index contributed by atoms with van der Waals surface area (Å²) in [5, 5.41) is 22.6. The molecule has 130 valence electrons. The van der Waals surface area contributed by atoms with Crippen LogP contribution < -0.4 is 11.1 Å². The largest absolute Gasteiger partial charge is 0.512 e. The first-order valence-electron chi connectivity index (χ1n) is 7.25. The molecule has 0 radical (unpaired) electrons. The third kappa shape index (κ3) is 3.28. The van der Waals surface area contributed by atoms with Crippen molar-refractivity contribution < 1.29 is 24.5 Å². The van der Waals surface area contributed by atoms with Crippen LogP contribution in [-0.2, 0) is 14.3 Å². The van der Waals surface area contributed by atoms with E-state index in [1.54, 1.807) is 0 Å². The Morgan fingerprint density at radius 3 is 2.65 bits per heavy atom. The number of hydrogen-bond acceptors (Lipinski definition) is 6. The van der Waals surface area contributed by atoms with E-state index in [-0.39, 0.29) is 24.2 Å². The number of nitrogens with two attached hydrogens (primary N) is 1. The molecule has 5 N–H and O–H groups in total. The van der Waals surface area contributed by atoms with Gasteiger partial charge in [0.2, 0.25) is 5.91 Å². The molecule has 0 bridgehead atoms. The van der Waals surface area contributed by atoms with Gasteiger partial charge in [0.05, 0.1) is 23.8 Å². The van der Waals surface area contributed by atoms with E-state index in [0.29, 0.717) is 0 Å². The molecule has 1 aliphatic carbocycles. The molecule has 1 aliphatic heterocycles. The van der Waals surface area contributed by atoms with E-state index < -0.39 is 46.4 Å². The molecule has 9 heteroatoms. The maximum atomic E-state index is 12.3. The van der Waals surface area contributed by atoms with Crippen molar-refractivity contribution in [1.82, 2.24) is 5.32 Å². The summed E-state index contributed by atoms with van der Waals surface area (Å²) in [6, 6.07) is -1.62. The number of amides is 1. The normalized spacial score (nSPS) is 35.6. The van der Waals surface area contributed by atoms with Crippen molar-refractivity contribution in [1.29, 1.82) is 0 Å². The van der Waals surface area contributed by atoms with E-state index in [1.165, 1.54) is 13.8 Å². The molecule has 2 rings (SSSR count). The predicted octanol–water partition coefficient (Wildman–Crippen LogP) is 0.521. The van der Waals surface area contributed by atoms with Gasteiger partial charge in [0.1, 0.15) is 10.6 Å². The third-order valence-electron chi connectivity index (χ3n) is 4.33. The Balaban J connectivity index is 2.47. The van der Waals surface area contributed by atoms with Gasteiger partial charge >= 0.3 is 5.97 Å². The molecule has 0 unspecified atom stereocenters. The van der Waals surface area contributed by atoms with Gasteiger partial charge in [-0.2, -0.15) is 0 Å². The van der Waals surface area contributed by atoms with Crippen LogP contribution >= 0.6 is 23.2 Å². The van der Waals surface area contributed by atoms with E-state index in [1.807, 2.05) is 0 Å². The molecule has 1 heterocycles. The Morgan fingerprint density at radius 2 is 2.13 bits per heavy atom. The molecule has 0 spiro atoms. The van der Waals surface area contributed by atoms with Crippen LogP contribution in [0.4, 0.5) is 0 Å². The number of ether oxygens (including phenoxy) is 1. The topological polar surface area (TPSA) is 122 Å². The van der Waals surface area contributed by atoms with E-state index >= 15 is 0 Å². The number of esters is 1. The number of aliphatic hydroxyl groups excluding tert-OH is 2. The maximum absolute atomic E-state index is 12.3. The zero-order valence-corrected chi connectivity index (χ0v) is 14.3. The quantitative estimate of drug-likeness (QED) is 0.426. The number of halogens is 2. The zero-order valence-electron chi connectivity index (χ0n) is 12.8. The molecule has 7 nitrogen and oxygen atoms in total. The molecule has 0 aromatic heterocycles. The number of cyclic esters (lactones) is 1. The highest BCUT2D eigenvalue weighted by atomic mass is 35.5. The SMILES string of the molecule is C[C@H](N)C(=O)N[C@@H]1[C@@H]2C[C@H](O)CC(O)=C2C(=O)O[C@]1(C)C(Cl)Cl. The number of carbonyl (C=O) groups is 2. The van der Waals surface area contributed by atoms with Gasteiger partial charge in [-0.05, 0) is 20.3 Å². The van der Waals surface area contributed by atoms with Gasteiger partial charge in [-0.15, -0.1) is 23.2 Å². The van der Waals surface area contributed by atoms with Crippen molar-refractivity contribution in [2.75, 3.05) is 0 Å². The zero-order chi connectivity index (χ0) is 17.5. The fraction of sp³-hybridized carbons (Fsp3) is 0.714. The van der Waals surface area contributed by atoms with Gasteiger partial charge in [0.25, 0.3) is 0 Å². The summed E-state index contributed by atoms with van der Waals surface area (Å²) in [6.45, 7) is 3.00. The summed E-state index contributed by atoms with van der Waals surface area (Å²) in [5.74, 6) is -2.15. The summed E-state index contributed by atoms with van der Waals surface area (Å²) in [6.07, 6.45) is -0.733. The molecule has 5 atom stereocenters. The third-order valence-corrected chi connectivity index (χ3v) is 5.20. The van der Waals surface area contributed by atoms with E-state index in [9.17, 15) is 19.8 Å². The Labute approximate surface area is 143 Å². The highest BCUT2D eigenvalue weighted by Gasteiger charge is 2.56. The van der Waals surface area contributed by atoms with Crippen LogP contribution in [0.25, 0.3) is 0 Å². The van der Waals surface area contributed by atoms with Crippen molar-refractivity contribution in [3.8, 4) is 0 Å². The molecule has 0 saturated carbocycles. The molecule has 0 aromatic carbocycles. The number of carbonyl (C=O) groups excluding carboxylic acids is 2. The second kappa shape index (κ2) is 6.47. The van der Waals surface area contributed by atoms with Crippen LogP contribution in [-0.4, -0.2) is 50.7 Å². The lowest BCUT2D eigenvalue weighted by Crippen LogP contribution is -2.66. The molecule has 1 fully saturated rings. The lowest BCUT2D eigenvalue weighted by atomic mass is 9.72. The fourth-order valence-electron chi connectivity index (χ4n) is 3.04. The molecular formula is C14H20Cl2N2O5. The lowest BCUT2D eigenvalue weighted by molar-refractivity contribution is -0.167. The lowest BCUT2D eigenvalue weighted by Gasteiger charge is -2.48. The highest BCUT2D eigenvalue weighted by molar-refractivity contribution is 6.45. The molecule has 1 saturated heterocycles. The minimum Gasteiger partial charge on any atom is -0.512 e. The predicted molar refractivity (Wildman–Crippen MR) is 84.0 cm³/mol. The van der Waals surface area contributed by atoms with Gasteiger partial charge in [-0.1, -0.05) is 0 Å². The van der Waals surface area contributed by atoms with Crippen LogP contribution in [0.2, 0.25) is 0 Å². The van der Waals surface area contributed by atoms with Gasteiger partial charge in [-0.3, -0.25) is 4.79 Å². The molecule has 1 amide bonds. The first-order valence-corrected chi connectivity index (χ1v) is 8.12. The number of aliphatic hydroxyl groups is 2. The van der Waals surface area contributed by atoms with Gasteiger partial charge < -0.3 is 26.0 Å². The Kier molecular flexibility index (Phi) is 5.15. The van der Waals surface area contributed by atoms with E-state index in [2.05, 4.69) is 5.32 Å². The number of alkyl halides is 2. The van der Waals surface area contributed by atoms with Crippen molar-refractivity contribution >= 4 is 35.1 Å². The summed E-state index contributed by atoms with van der Waals surface area (Å²) in [4.78, 5) is 23.2. The second-order valence-electron chi connectivity index (χ2n) is 6.21. The minimum absolute atomic E-state index is 0.0386. The second-order valence-corrected chi connectivity index (χ2v) is 7.31. The Morgan fingerprint density at radius 1 is 1.52 bits per heavy atom. The van der Waals surface area contributed by atoms with Gasteiger partial charge in [0, 0.05) is 12.3 Å². The van der Waals surface area contributed by atoms with Crippen molar-refractivity contribution in [3.63, 3.8) is 0 Å². The molecule has 2 aliphatic rings. The first kappa shape index (κ1) is 18.3. The smallest absolute Gasteiger partial charge is 0.338 e. The summed E-state index contributed by atoms with van der Waals surface area (Å²) in [7, 11) is 0. The Hall–Kier alpha value is -1.02.